The van der Waals surface area contributed by atoms with Gasteiger partial charge in [0.1, 0.15) is 36.2 Å². The molecule has 0 aliphatic carbocycles. The first-order valence-electron chi connectivity index (χ1n) is 8.49. The maximum Gasteiger partial charge on any atom is 0.332 e. The standard InChI is InChI=1S/C19H18N4O6/c1-22-17(21)14(18(25)23(2)19(22)26)15(24)11(9-20)6-10-7-12(27-3)16-13(8-10)28-4-5-29-16/h6-8H,4-5,21H2,1-3H3/b11-6+. The van der Waals surface area contributed by atoms with Gasteiger partial charge < -0.3 is 19.9 Å². The van der Waals surface area contributed by atoms with Gasteiger partial charge in [-0.15, -0.1) is 0 Å². The van der Waals surface area contributed by atoms with Gasteiger partial charge in [0, 0.05) is 14.1 Å². The highest BCUT2D eigenvalue weighted by atomic mass is 16.6. The molecule has 1 aliphatic rings. The van der Waals surface area contributed by atoms with Crippen molar-refractivity contribution >= 4 is 17.7 Å². The average molecular weight is 398 g/mol. The van der Waals surface area contributed by atoms with E-state index < -0.39 is 22.6 Å². The molecule has 2 aromatic rings. The number of carbonyl (C=O) groups is 1. The van der Waals surface area contributed by atoms with Gasteiger partial charge in [0.25, 0.3) is 5.56 Å². The quantitative estimate of drug-likeness (QED) is 0.439. The minimum Gasteiger partial charge on any atom is -0.493 e. The second kappa shape index (κ2) is 7.55. The average Bonchev–Trinajstić information content (AvgIpc) is 2.73. The van der Waals surface area contributed by atoms with E-state index in [1.54, 1.807) is 18.2 Å². The van der Waals surface area contributed by atoms with Crippen LogP contribution in [0.4, 0.5) is 5.82 Å². The van der Waals surface area contributed by atoms with E-state index in [2.05, 4.69) is 0 Å². The molecule has 3 rings (SSSR count). The number of Topliss-reactive ketones (excluding diaryl/α,β-unsaturated/α-hetero) is 1. The number of ether oxygens (including phenoxy) is 3. The minimum absolute atomic E-state index is 0.316. The zero-order valence-electron chi connectivity index (χ0n) is 16.0. The van der Waals surface area contributed by atoms with Crippen molar-refractivity contribution in [3.8, 4) is 23.3 Å². The van der Waals surface area contributed by atoms with Crippen molar-refractivity contribution in [1.29, 1.82) is 5.26 Å². The fourth-order valence-electron chi connectivity index (χ4n) is 2.90. The van der Waals surface area contributed by atoms with Crippen LogP contribution < -0.4 is 31.2 Å². The fraction of sp³-hybridized carbons (Fsp3) is 0.263. The molecule has 0 saturated carbocycles. The number of nitrogens with two attached hydrogens (primary N) is 1. The van der Waals surface area contributed by atoms with Gasteiger partial charge in [0.15, 0.2) is 11.5 Å². The number of fused-ring (bicyclic) bond motifs is 1. The largest absolute Gasteiger partial charge is 0.493 e. The van der Waals surface area contributed by atoms with Gasteiger partial charge in [-0.2, -0.15) is 5.26 Å². The Morgan fingerprint density at radius 2 is 1.93 bits per heavy atom. The van der Waals surface area contributed by atoms with E-state index in [-0.39, 0.29) is 11.4 Å². The molecule has 0 unspecified atom stereocenters. The number of nitrogens with zero attached hydrogens (tertiary/aromatic N) is 3. The highest BCUT2D eigenvalue weighted by molar-refractivity contribution is 6.16. The zero-order valence-corrected chi connectivity index (χ0v) is 16.0. The lowest BCUT2D eigenvalue weighted by molar-refractivity contribution is 0.103. The summed E-state index contributed by atoms with van der Waals surface area (Å²) in [6.07, 6.45) is 1.28. The van der Waals surface area contributed by atoms with E-state index in [1.807, 2.05) is 0 Å². The van der Waals surface area contributed by atoms with Crippen LogP contribution in [-0.4, -0.2) is 35.2 Å². The molecule has 10 nitrogen and oxygen atoms in total. The van der Waals surface area contributed by atoms with Crippen LogP contribution in [0.1, 0.15) is 15.9 Å². The maximum absolute atomic E-state index is 12.9. The van der Waals surface area contributed by atoms with Crippen LogP contribution in [-0.2, 0) is 14.1 Å². The third-order valence-corrected chi connectivity index (χ3v) is 4.46. The Kier molecular flexibility index (Phi) is 5.14. The Labute approximate surface area is 164 Å². The molecule has 0 radical (unpaired) electrons. The summed E-state index contributed by atoms with van der Waals surface area (Å²) in [5, 5.41) is 9.51. The van der Waals surface area contributed by atoms with Gasteiger partial charge in [-0.05, 0) is 23.8 Å². The van der Waals surface area contributed by atoms with Gasteiger partial charge in [0.2, 0.25) is 11.5 Å². The van der Waals surface area contributed by atoms with Crippen molar-refractivity contribution < 1.29 is 19.0 Å². The summed E-state index contributed by atoms with van der Waals surface area (Å²) in [6, 6.07) is 4.94. The molecule has 1 aromatic carbocycles. The first-order chi connectivity index (χ1) is 13.8. The van der Waals surface area contributed by atoms with Gasteiger partial charge in [-0.1, -0.05) is 0 Å². The summed E-state index contributed by atoms with van der Waals surface area (Å²) in [6.45, 7) is 0.716. The summed E-state index contributed by atoms with van der Waals surface area (Å²) in [7, 11) is 4.00. The number of nitriles is 1. The number of anilines is 1. The highest BCUT2D eigenvalue weighted by Crippen LogP contribution is 2.40. The van der Waals surface area contributed by atoms with Crippen LogP contribution in [0, 0.1) is 11.3 Å². The number of benzene rings is 1. The third-order valence-electron chi connectivity index (χ3n) is 4.46. The number of hydrogen-bond donors (Lipinski definition) is 1. The monoisotopic (exact) mass is 398 g/mol. The van der Waals surface area contributed by atoms with Crippen molar-refractivity contribution in [2.45, 2.75) is 0 Å². The Hall–Kier alpha value is -4.00. The number of ketones is 1. The number of nitrogen functional groups attached to an aromatic ring is 1. The number of methoxy groups -OCH3 is 1. The van der Waals surface area contributed by atoms with Crippen molar-refractivity contribution in [1.82, 2.24) is 9.13 Å². The normalized spacial score (nSPS) is 13.0. The molecule has 0 fully saturated rings. The first-order valence-corrected chi connectivity index (χ1v) is 8.49. The second-order valence-corrected chi connectivity index (χ2v) is 6.21. The molecule has 0 spiro atoms. The van der Waals surface area contributed by atoms with Crippen LogP contribution in [0.15, 0.2) is 27.3 Å². The highest BCUT2D eigenvalue weighted by Gasteiger charge is 2.24. The number of allylic oxidation sites excluding steroid dienone is 1. The Balaban J connectivity index is 2.14. The van der Waals surface area contributed by atoms with E-state index in [1.165, 1.54) is 27.3 Å². The fourth-order valence-corrected chi connectivity index (χ4v) is 2.90. The lowest BCUT2D eigenvalue weighted by atomic mass is 10.0. The van der Waals surface area contributed by atoms with Crippen LogP contribution in [0.25, 0.3) is 6.08 Å². The zero-order chi connectivity index (χ0) is 21.3. The summed E-state index contributed by atoms with van der Waals surface area (Å²) >= 11 is 0. The van der Waals surface area contributed by atoms with Gasteiger partial charge in [0.05, 0.1) is 7.11 Å². The first kappa shape index (κ1) is 19.8. The Morgan fingerprint density at radius 1 is 1.24 bits per heavy atom. The Bertz CT molecular complexity index is 1180. The predicted molar refractivity (Wildman–Crippen MR) is 103 cm³/mol. The van der Waals surface area contributed by atoms with E-state index >= 15 is 0 Å². The maximum atomic E-state index is 12.9. The Morgan fingerprint density at radius 3 is 2.59 bits per heavy atom. The van der Waals surface area contributed by atoms with Crippen LogP contribution in [0.2, 0.25) is 0 Å². The topological polar surface area (TPSA) is 139 Å². The van der Waals surface area contributed by atoms with Crippen molar-refractivity contribution in [3.63, 3.8) is 0 Å². The van der Waals surface area contributed by atoms with Gasteiger partial charge >= 0.3 is 5.69 Å². The SMILES string of the molecule is COc1cc(/C=C(\C#N)C(=O)c2c(N)n(C)c(=O)n(C)c2=O)cc2c1OCCO2. The van der Waals surface area contributed by atoms with Crippen molar-refractivity contribution in [2.24, 2.45) is 14.1 Å². The van der Waals surface area contributed by atoms with E-state index in [4.69, 9.17) is 19.9 Å². The molecule has 0 amide bonds. The number of carbonyl (C=O) groups excluding carboxylic acids is 1. The van der Waals surface area contributed by atoms with Crippen LogP contribution in [0.3, 0.4) is 0 Å². The number of rotatable bonds is 4. The molecule has 29 heavy (non-hydrogen) atoms. The lowest BCUT2D eigenvalue weighted by Crippen LogP contribution is -2.41. The molecule has 0 bridgehead atoms. The van der Waals surface area contributed by atoms with Crippen molar-refractivity contribution in [2.75, 3.05) is 26.1 Å². The van der Waals surface area contributed by atoms with Gasteiger partial charge in [-0.25, -0.2) is 4.79 Å². The molecule has 1 aromatic heterocycles. The van der Waals surface area contributed by atoms with E-state index in [0.29, 0.717) is 36.0 Å². The summed E-state index contributed by atoms with van der Waals surface area (Å²) in [5.74, 6) is -0.00387. The molecule has 1 aliphatic heterocycles. The molecule has 0 atom stereocenters. The molecular formula is C19H18N4O6. The molecule has 2 N–H and O–H groups in total. The smallest absolute Gasteiger partial charge is 0.332 e. The summed E-state index contributed by atoms with van der Waals surface area (Å²) in [5.41, 5.74) is 3.89. The molecule has 0 saturated heterocycles. The van der Waals surface area contributed by atoms with E-state index in [9.17, 15) is 19.6 Å². The lowest BCUT2D eigenvalue weighted by Gasteiger charge is -2.21. The molecular weight excluding hydrogens is 380 g/mol. The third kappa shape index (κ3) is 3.34. The number of aromatic nitrogens is 2. The molecule has 10 heteroatoms. The number of hydrogen-bond acceptors (Lipinski definition) is 8. The van der Waals surface area contributed by atoms with Gasteiger partial charge in [-0.3, -0.25) is 18.7 Å². The van der Waals surface area contributed by atoms with Crippen molar-refractivity contribution in [3.05, 3.63) is 49.7 Å². The molecule has 2 heterocycles. The second-order valence-electron chi connectivity index (χ2n) is 6.21. The predicted octanol–water partition coefficient (Wildman–Crippen LogP) is 0.236. The summed E-state index contributed by atoms with van der Waals surface area (Å²) in [4.78, 5) is 37.3. The van der Waals surface area contributed by atoms with Crippen LogP contribution >= 0.6 is 0 Å². The molecule has 150 valence electrons. The van der Waals surface area contributed by atoms with Crippen LogP contribution in [0.5, 0.6) is 17.2 Å². The minimum atomic E-state index is -0.893. The summed E-state index contributed by atoms with van der Waals surface area (Å²) < 4.78 is 18.1. The van der Waals surface area contributed by atoms with E-state index in [0.717, 1.165) is 9.13 Å².